The van der Waals surface area contributed by atoms with Gasteiger partial charge in [-0.25, -0.2) is 14.4 Å². The summed E-state index contributed by atoms with van der Waals surface area (Å²) in [6.07, 6.45) is 0. The SMILES string of the molecule is O=C(O)c1ccccc1C(=O)O.O=C(O)c1ccccc1O. The summed E-state index contributed by atoms with van der Waals surface area (Å²) >= 11 is 0. The van der Waals surface area contributed by atoms with Gasteiger partial charge in [0.1, 0.15) is 11.3 Å². The molecule has 0 aliphatic rings. The number of hydrogen-bond acceptors (Lipinski definition) is 4. The molecule has 0 bridgehead atoms. The number of rotatable bonds is 3. The molecule has 0 fully saturated rings. The summed E-state index contributed by atoms with van der Waals surface area (Å²) in [5.41, 5.74) is -0.447. The van der Waals surface area contributed by atoms with E-state index in [2.05, 4.69) is 0 Å². The van der Waals surface area contributed by atoms with Crippen molar-refractivity contribution in [1.29, 1.82) is 0 Å². The Morgan fingerprint density at radius 2 is 0.909 bits per heavy atom. The van der Waals surface area contributed by atoms with E-state index in [1.54, 1.807) is 12.1 Å². The highest BCUT2D eigenvalue weighted by Crippen LogP contribution is 2.14. The van der Waals surface area contributed by atoms with Crippen LogP contribution in [0.2, 0.25) is 0 Å². The third kappa shape index (κ3) is 4.34. The monoisotopic (exact) mass is 304 g/mol. The number of benzene rings is 2. The average molecular weight is 304 g/mol. The molecule has 114 valence electrons. The minimum Gasteiger partial charge on any atom is -0.507 e. The third-order valence-corrected chi connectivity index (χ3v) is 2.52. The fourth-order valence-electron chi connectivity index (χ4n) is 1.51. The van der Waals surface area contributed by atoms with Crippen molar-refractivity contribution in [3.8, 4) is 5.75 Å². The molecule has 2 aromatic carbocycles. The minimum atomic E-state index is -1.23. The van der Waals surface area contributed by atoms with Crippen LogP contribution in [0.15, 0.2) is 48.5 Å². The summed E-state index contributed by atoms with van der Waals surface area (Å²) in [7, 11) is 0. The van der Waals surface area contributed by atoms with Crippen LogP contribution in [0.3, 0.4) is 0 Å². The Balaban J connectivity index is 0.000000224. The van der Waals surface area contributed by atoms with E-state index in [0.29, 0.717) is 0 Å². The fourth-order valence-corrected chi connectivity index (χ4v) is 1.51. The summed E-state index contributed by atoms with van der Waals surface area (Å²) in [4.78, 5) is 31.2. The van der Waals surface area contributed by atoms with Crippen molar-refractivity contribution in [2.24, 2.45) is 0 Å². The molecule has 22 heavy (non-hydrogen) atoms. The van der Waals surface area contributed by atoms with Crippen LogP contribution in [0.1, 0.15) is 31.1 Å². The van der Waals surface area contributed by atoms with Crippen LogP contribution in [0.25, 0.3) is 0 Å². The van der Waals surface area contributed by atoms with Gasteiger partial charge in [-0.1, -0.05) is 24.3 Å². The molecule has 0 spiro atoms. The molecule has 0 atom stereocenters. The summed E-state index contributed by atoms with van der Waals surface area (Å²) in [5, 5.41) is 34.4. The average Bonchev–Trinajstić information content (AvgIpc) is 2.48. The zero-order valence-corrected chi connectivity index (χ0v) is 11.1. The molecular formula is C15H12O7. The molecule has 7 nitrogen and oxygen atoms in total. The first-order valence-corrected chi connectivity index (χ1v) is 5.91. The number of aromatic hydroxyl groups is 1. The molecule has 2 aromatic rings. The third-order valence-electron chi connectivity index (χ3n) is 2.52. The van der Waals surface area contributed by atoms with Gasteiger partial charge in [0.05, 0.1) is 11.1 Å². The summed E-state index contributed by atoms with van der Waals surface area (Å²) in [6, 6.07) is 11.3. The number of hydrogen-bond donors (Lipinski definition) is 4. The zero-order valence-electron chi connectivity index (χ0n) is 11.1. The first-order chi connectivity index (χ1) is 10.3. The zero-order chi connectivity index (χ0) is 16.7. The lowest BCUT2D eigenvalue weighted by molar-refractivity contribution is 0.0651. The molecule has 0 radical (unpaired) electrons. The van der Waals surface area contributed by atoms with Crippen molar-refractivity contribution < 1.29 is 34.8 Å². The first-order valence-electron chi connectivity index (χ1n) is 5.91. The Kier molecular flexibility index (Phi) is 5.65. The summed E-state index contributed by atoms with van der Waals surface area (Å²) in [5.74, 6) is -3.77. The van der Waals surface area contributed by atoms with Crippen molar-refractivity contribution in [3.63, 3.8) is 0 Å². The van der Waals surface area contributed by atoms with Crippen LogP contribution >= 0.6 is 0 Å². The molecule has 0 heterocycles. The molecule has 0 unspecified atom stereocenters. The van der Waals surface area contributed by atoms with Gasteiger partial charge >= 0.3 is 17.9 Å². The van der Waals surface area contributed by atoms with Gasteiger partial charge in [-0.3, -0.25) is 0 Å². The molecule has 0 amide bonds. The van der Waals surface area contributed by atoms with E-state index in [1.165, 1.54) is 36.4 Å². The lowest BCUT2D eigenvalue weighted by Gasteiger charge is -1.98. The topological polar surface area (TPSA) is 132 Å². The predicted molar refractivity (Wildman–Crippen MR) is 75.4 cm³/mol. The number of para-hydroxylation sites is 1. The van der Waals surface area contributed by atoms with Gasteiger partial charge < -0.3 is 20.4 Å². The summed E-state index contributed by atoms with van der Waals surface area (Å²) < 4.78 is 0. The maximum absolute atomic E-state index is 10.5. The van der Waals surface area contributed by atoms with E-state index >= 15 is 0 Å². The van der Waals surface area contributed by atoms with Crippen LogP contribution in [0, 0.1) is 0 Å². The molecule has 0 saturated carbocycles. The van der Waals surface area contributed by atoms with Gasteiger partial charge in [0.25, 0.3) is 0 Å². The highest BCUT2D eigenvalue weighted by molar-refractivity contribution is 6.01. The van der Waals surface area contributed by atoms with E-state index in [0.717, 1.165) is 0 Å². The largest absolute Gasteiger partial charge is 0.507 e. The molecule has 7 heteroatoms. The molecule has 0 saturated heterocycles. The van der Waals surface area contributed by atoms with Crippen molar-refractivity contribution in [2.75, 3.05) is 0 Å². The second-order valence-corrected chi connectivity index (χ2v) is 3.98. The van der Waals surface area contributed by atoms with Gasteiger partial charge in [0.15, 0.2) is 0 Å². The standard InChI is InChI=1S/C8H6O4.C7H6O3/c9-7(10)5-3-1-2-4-6(5)8(11)12;8-6-4-2-1-3-5(6)7(9)10/h1-4H,(H,9,10)(H,11,12);1-4,8H,(H,9,10). The molecule has 4 N–H and O–H groups in total. The molecular weight excluding hydrogens is 292 g/mol. The smallest absolute Gasteiger partial charge is 0.339 e. The Hall–Kier alpha value is -3.35. The lowest BCUT2D eigenvalue weighted by atomic mass is 10.1. The normalized spacial score (nSPS) is 9.27. The van der Waals surface area contributed by atoms with E-state index in [-0.39, 0.29) is 22.4 Å². The predicted octanol–water partition coefficient (Wildman–Crippen LogP) is 2.17. The van der Waals surface area contributed by atoms with Crippen LogP contribution < -0.4 is 0 Å². The van der Waals surface area contributed by atoms with Crippen molar-refractivity contribution in [2.45, 2.75) is 0 Å². The molecule has 0 aromatic heterocycles. The number of phenols is 1. The highest BCUT2D eigenvalue weighted by atomic mass is 16.4. The van der Waals surface area contributed by atoms with Gasteiger partial charge in [0.2, 0.25) is 0 Å². The van der Waals surface area contributed by atoms with Crippen molar-refractivity contribution in [3.05, 3.63) is 65.2 Å². The van der Waals surface area contributed by atoms with Crippen LogP contribution in [0.4, 0.5) is 0 Å². The van der Waals surface area contributed by atoms with Crippen molar-refractivity contribution in [1.82, 2.24) is 0 Å². The van der Waals surface area contributed by atoms with E-state index in [1.807, 2.05) is 0 Å². The molecule has 0 aliphatic carbocycles. The first kappa shape index (κ1) is 16.7. The Morgan fingerprint density at radius 1 is 0.591 bits per heavy atom. The lowest BCUT2D eigenvalue weighted by Crippen LogP contribution is -2.06. The molecule has 2 rings (SSSR count). The van der Waals surface area contributed by atoms with Gasteiger partial charge in [0, 0.05) is 0 Å². The maximum atomic E-state index is 10.5. The van der Waals surface area contributed by atoms with Crippen LogP contribution in [-0.2, 0) is 0 Å². The van der Waals surface area contributed by atoms with E-state index in [4.69, 9.17) is 20.4 Å². The second-order valence-electron chi connectivity index (χ2n) is 3.98. The maximum Gasteiger partial charge on any atom is 0.339 e. The number of aromatic carboxylic acids is 3. The second kappa shape index (κ2) is 7.44. The summed E-state index contributed by atoms with van der Waals surface area (Å²) in [6.45, 7) is 0. The van der Waals surface area contributed by atoms with Crippen molar-refractivity contribution >= 4 is 17.9 Å². The quantitative estimate of drug-likeness (QED) is 0.683. The van der Waals surface area contributed by atoms with Gasteiger partial charge in [-0.05, 0) is 24.3 Å². The molecule has 0 aliphatic heterocycles. The van der Waals surface area contributed by atoms with Crippen LogP contribution in [-0.4, -0.2) is 38.3 Å². The number of carboxylic acids is 3. The Morgan fingerprint density at radius 3 is 1.18 bits per heavy atom. The van der Waals surface area contributed by atoms with Crippen LogP contribution in [0.5, 0.6) is 5.75 Å². The van der Waals surface area contributed by atoms with Gasteiger partial charge in [-0.15, -0.1) is 0 Å². The Bertz CT molecular complexity index is 674. The van der Waals surface area contributed by atoms with Gasteiger partial charge in [-0.2, -0.15) is 0 Å². The van der Waals surface area contributed by atoms with E-state index in [9.17, 15) is 14.4 Å². The minimum absolute atomic E-state index is 0.0671. The highest BCUT2D eigenvalue weighted by Gasteiger charge is 2.13. The number of carboxylic acid groups (broad SMARTS) is 3. The fraction of sp³-hybridized carbons (Fsp3) is 0. The number of carbonyl (C=O) groups is 3. The Labute approximate surface area is 124 Å². The van der Waals surface area contributed by atoms with E-state index < -0.39 is 17.9 Å².